The topological polar surface area (TPSA) is 46.3 Å². The minimum atomic E-state index is -0.483. The molecule has 0 radical (unpaired) electrons. The summed E-state index contributed by atoms with van der Waals surface area (Å²) in [4.78, 5) is 14.2. The summed E-state index contributed by atoms with van der Waals surface area (Å²) in [6.07, 6.45) is 4.29. The third-order valence-electron chi connectivity index (χ3n) is 4.42. The first-order chi connectivity index (χ1) is 9.30. The molecule has 1 aromatic rings. The number of hydrogen-bond acceptors (Lipinski definition) is 2. The molecule has 2 rings (SSSR count). The molecule has 3 nitrogen and oxygen atoms in total. The van der Waals surface area contributed by atoms with E-state index in [-0.39, 0.29) is 17.6 Å². The van der Waals surface area contributed by atoms with Gasteiger partial charge in [-0.25, -0.2) is 4.39 Å². The van der Waals surface area contributed by atoms with Crippen LogP contribution in [0, 0.1) is 11.2 Å². The highest BCUT2D eigenvalue weighted by atomic mass is 19.1. The minimum absolute atomic E-state index is 0.0222. The Kier molecular flexibility index (Phi) is 4.02. The van der Waals surface area contributed by atoms with Crippen LogP contribution in [-0.4, -0.2) is 23.9 Å². The van der Waals surface area contributed by atoms with Crippen molar-refractivity contribution in [2.75, 3.05) is 12.8 Å². The number of benzene rings is 1. The lowest BCUT2D eigenvalue weighted by molar-refractivity contribution is 0.0635. The molecule has 0 atom stereocenters. The zero-order chi connectivity index (χ0) is 14.9. The molecule has 1 saturated carbocycles. The highest BCUT2D eigenvalue weighted by molar-refractivity contribution is 5.95. The molecule has 0 aliphatic heterocycles. The van der Waals surface area contributed by atoms with Crippen molar-refractivity contribution in [1.82, 2.24) is 4.90 Å². The number of nitrogens with zero attached hydrogens (tertiary/aromatic N) is 1. The number of carbonyl (C=O) groups is 1. The van der Waals surface area contributed by atoms with Crippen molar-refractivity contribution >= 4 is 11.6 Å². The van der Waals surface area contributed by atoms with Gasteiger partial charge in [0.25, 0.3) is 5.91 Å². The van der Waals surface area contributed by atoms with E-state index < -0.39 is 5.82 Å². The Morgan fingerprint density at radius 1 is 1.35 bits per heavy atom. The van der Waals surface area contributed by atoms with Crippen molar-refractivity contribution in [3.05, 3.63) is 29.6 Å². The normalized spacial score (nSPS) is 18.8. The van der Waals surface area contributed by atoms with Gasteiger partial charge in [0.1, 0.15) is 5.82 Å². The second-order valence-electron chi connectivity index (χ2n) is 6.55. The predicted molar refractivity (Wildman–Crippen MR) is 78.9 cm³/mol. The van der Waals surface area contributed by atoms with Crippen LogP contribution >= 0.6 is 0 Å². The lowest BCUT2D eigenvalue weighted by Crippen LogP contribution is -2.40. The van der Waals surface area contributed by atoms with Crippen LogP contribution in [0.4, 0.5) is 10.1 Å². The molecular formula is C16H23FN2O. The molecule has 1 fully saturated rings. The van der Waals surface area contributed by atoms with Gasteiger partial charge in [-0.15, -0.1) is 0 Å². The SMILES string of the molecule is CN(C(=O)c1ccc(F)c(N)c1)C1CCC(C)(C)CC1. The van der Waals surface area contributed by atoms with E-state index in [2.05, 4.69) is 13.8 Å². The molecule has 1 aromatic carbocycles. The number of nitrogens with two attached hydrogens (primary N) is 1. The summed E-state index contributed by atoms with van der Waals surface area (Å²) in [5.41, 5.74) is 6.38. The maximum Gasteiger partial charge on any atom is 0.253 e. The average Bonchev–Trinajstić information content (AvgIpc) is 2.40. The third kappa shape index (κ3) is 3.11. The van der Waals surface area contributed by atoms with Crippen molar-refractivity contribution in [2.45, 2.75) is 45.6 Å². The monoisotopic (exact) mass is 278 g/mol. The van der Waals surface area contributed by atoms with Crippen LogP contribution in [0.1, 0.15) is 49.9 Å². The minimum Gasteiger partial charge on any atom is -0.396 e. The molecule has 0 bridgehead atoms. The molecular weight excluding hydrogens is 255 g/mol. The smallest absolute Gasteiger partial charge is 0.253 e. The van der Waals surface area contributed by atoms with E-state index in [0.29, 0.717) is 11.0 Å². The number of nitrogen functional groups attached to an aromatic ring is 1. The number of carbonyl (C=O) groups excluding carboxylic acids is 1. The van der Waals surface area contributed by atoms with E-state index in [9.17, 15) is 9.18 Å². The van der Waals surface area contributed by atoms with Crippen molar-refractivity contribution in [2.24, 2.45) is 5.41 Å². The predicted octanol–water partition coefficient (Wildman–Crippen LogP) is 3.45. The van der Waals surface area contributed by atoms with Gasteiger partial charge >= 0.3 is 0 Å². The van der Waals surface area contributed by atoms with Crippen LogP contribution in [0.5, 0.6) is 0 Å². The summed E-state index contributed by atoms with van der Waals surface area (Å²) in [6.45, 7) is 4.54. The average molecular weight is 278 g/mol. The fourth-order valence-corrected chi connectivity index (χ4v) is 2.82. The zero-order valence-electron chi connectivity index (χ0n) is 12.4. The van der Waals surface area contributed by atoms with E-state index in [1.165, 1.54) is 18.2 Å². The molecule has 0 saturated heterocycles. The molecule has 0 aromatic heterocycles. The maximum atomic E-state index is 13.2. The largest absolute Gasteiger partial charge is 0.396 e. The van der Waals surface area contributed by atoms with Gasteiger partial charge in [0, 0.05) is 18.7 Å². The second kappa shape index (κ2) is 5.43. The molecule has 0 heterocycles. The fraction of sp³-hybridized carbons (Fsp3) is 0.562. The molecule has 1 aliphatic carbocycles. The van der Waals surface area contributed by atoms with Gasteiger partial charge in [0.05, 0.1) is 5.69 Å². The summed E-state index contributed by atoms with van der Waals surface area (Å²) < 4.78 is 13.2. The standard InChI is InChI=1S/C16H23FN2O/c1-16(2)8-6-12(7-9-16)19(3)15(20)11-4-5-13(17)14(18)10-11/h4-5,10,12H,6-9,18H2,1-3H3. The summed E-state index contributed by atoms with van der Waals surface area (Å²) in [5.74, 6) is -0.565. The van der Waals surface area contributed by atoms with Crippen LogP contribution in [-0.2, 0) is 0 Å². The van der Waals surface area contributed by atoms with E-state index in [0.717, 1.165) is 25.7 Å². The second-order valence-corrected chi connectivity index (χ2v) is 6.55. The number of rotatable bonds is 2. The molecule has 1 aliphatic rings. The lowest BCUT2D eigenvalue weighted by Gasteiger charge is -2.38. The van der Waals surface area contributed by atoms with E-state index >= 15 is 0 Å². The Morgan fingerprint density at radius 2 is 1.95 bits per heavy atom. The van der Waals surface area contributed by atoms with E-state index in [4.69, 9.17) is 5.73 Å². The van der Waals surface area contributed by atoms with Crippen LogP contribution in [0.3, 0.4) is 0 Å². The summed E-state index contributed by atoms with van der Waals surface area (Å²) >= 11 is 0. The van der Waals surface area contributed by atoms with Crippen LogP contribution in [0.15, 0.2) is 18.2 Å². The van der Waals surface area contributed by atoms with Crippen molar-refractivity contribution in [3.63, 3.8) is 0 Å². The van der Waals surface area contributed by atoms with Gasteiger partial charge in [-0.05, 0) is 49.3 Å². The highest BCUT2D eigenvalue weighted by Crippen LogP contribution is 2.36. The number of amides is 1. The third-order valence-corrected chi connectivity index (χ3v) is 4.42. The lowest BCUT2D eigenvalue weighted by atomic mass is 9.75. The van der Waals surface area contributed by atoms with Gasteiger partial charge in [0.15, 0.2) is 0 Å². The molecule has 2 N–H and O–H groups in total. The first kappa shape index (κ1) is 14.8. The Hall–Kier alpha value is -1.58. The molecule has 4 heteroatoms. The zero-order valence-corrected chi connectivity index (χ0v) is 12.4. The van der Waals surface area contributed by atoms with E-state index in [1.54, 1.807) is 4.90 Å². The van der Waals surface area contributed by atoms with E-state index in [1.807, 2.05) is 7.05 Å². The Morgan fingerprint density at radius 3 is 2.50 bits per heavy atom. The van der Waals surface area contributed by atoms with Gasteiger partial charge in [-0.1, -0.05) is 13.8 Å². The fourth-order valence-electron chi connectivity index (χ4n) is 2.82. The number of halogens is 1. The Balaban J connectivity index is 2.07. The molecule has 110 valence electrons. The number of anilines is 1. The number of hydrogen-bond donors (Lipinski definition) is 1. The maximum absolute atomic E-state index is 13.2. The highest BCUT2D eigenvalue weighted by Gasteiger charge is 2.30. The molecule has 20 heavy (non-hydrogen) atoms. The first-order valence-electron chi connectivity index (χ1n) is 7.12. The summed E-state index contributed by atoms with van der Waals surface area (Å²) in [5, 5.41) is 0. The van der Waals surface area contributed by atoms with Crippen molar-refractivity contribution in [3.8, 4) is 0 Å². The molecule has 0 spiro atoms. The van der Waals surface area contributed by atoms with Crippen molar-refractivity contribution in [1.29, 1.82) is 0 Å². The van der Waals surface area contributed by atoms with Crippen LogP contribution in [0.25, 0.3) is 0 Å². The van der Waals surface area contributed by atoms with Gasteiger partial charge in [0.2, 0.25) is 0 Å². The first-order valence-corrected chi connectivity index (χ1v) is 7.12. The summed E-state index contributed by atoms with van der Waals surface area (Å²) in [6, 6.07) is 4.43. The van der Waals surface area contributed by atoms with Gasteiger partial charge < -0.3 is 10.6 Å². The van der Waals surface area contributed by atoms with Gasteiger partial charge in [-0.3, -0.25) is 4.79 Å². The van der Waals surface area contributed by atoms with Crippen LogP contribution < -0.4 is 5.73 Å². The molecule has 1 amide bonds. The van der Waals surface area contributed by atoms with Crippen molar-refractivity contribution < 1.29 is 9.18 Å². The Labute approximate surface area is 120 Å². The summed E-state index contributed by atoms with van der Waals surface area (Å²) in [7, 11) is 1.82. The Bertz CT molecular complexity index is 503. The quantitative estimate of drug-likeness (QED) is 0.842. The van der Waals surface area contributed by atoms with Crippen LogP contribution in [0.2, 0.25) is 0 Å². The van der Waals surface area contributed by atoms with Gasteiger partial charge in [-0.2, -0.15) is 0 Å². The molecule has 0 unspecified atom stereocenters.